The molecule has 0 unspecified atom stereocenters. The van der Waals surface area contributed by atoms with Crippen LogP contribution in [0.2, 0.25) is 0 Å². The van der Waals surface area contributed by atoms with E-state index >= 15 is 0 Å². The number of nitrogens with zero attached hydrogens (tertiary/aromatic N) is 3. The Morgan fingerprint density at radius 2 is 1.45 bits per heavy atom. The van der Waals surface area contributed by atoms with E-state index in [1.165, 1.54) is 25.3 Å². The number of nitro groups is 1. The number of carbonyl (C=O) groups is 3. The second-order valence-electron chi connectivity index (χ2n) is 13.7. The summed E-state index contributed by atoms with van der Waals surface area (Å²) in [6.45, 7) is 1.92. The fraction of sp³-hybridized carbons (Fsp3) is 0.186. The molecule has 5 aromatic rings. The molecule has 1 fully saturated rings. The summed E-state index contributed by atoms with van der Waals surface area (Å²) in [5.74, 6) is -0.642. The van der Waals surface area contributed by atoms with E-state index in [4.69, 9.17) is 9.47 Å². The highest BCUT2D eigenvalue weighted by Gasteiger charge is 2.40. The zero-order valence-electron chi connectivity index (χ0n) is 29.7. The van der Waals surface area contributed by atoms with E-state index in [0.717, 1.165) is 64.3 Å². The van der Waals surface area contributed by atoms with E-state index in [2.05, 4.69) is 57.1 Å². The number of imide groups is 2. The standard InChI is InChI=1S/C43H35IN4O7/c1-54-38-22-27(21-37(44)40(38)55-25-26-12-14-30(15-13-26)48(52)53)20-36-41(49)45-43(51)47(42(36)50)31-23-34-32(28-8-4-2-5-9-28)16-18-46-19-17-33(35(24-31)39(34)46)29-10-6-3-7-11-29/h2-15,20-24,32-33H,16-19,25H2,1H3,(H,45,49,51)/b36-20+/t32-,33-/m0/s1. The third kappa shape index (κ3) is 6.93. The molecule has 5 aromatic carbocycles. The van der Waals surface area contributed by atoms with Crippen LogP contribution in [0.5, 0.6) is 11.5 Å². The fourth-order valence-corrected chi connectivity index (χ4v) is 8.64. The first-order chi connectivity index (χ1) is 26.7. The van der Waals surface area contributed by atoms with Crippen molar-refractivity contribution < 1.29 is 28.8 Å². The number of barbiturate groups is 1. The van der Waals surface area contributed by atoms with Crippen molar-refractivity contribution in [2.24, 2.45) is 0 Å². The van der Waals surface area contributed by atoms with Gasteiger partial charge in [-0.05, 0) is 111 Å². The van der Waals surface area contributed by atoms with Crippen LogP contribution in [-0.2, 0) is 16.2 Å². The maximum absolute atomic E-state index is 14.4. The predicted octanol–water partition coefficient (Wildman–Crippen LogP) is 8.33. The van der Waals surface area contributed by atoms with Crippen molar-refractivity contribution in [1.82, 2.24) is 5.32 Å². The molecular formula is C43H35IN4O7. The smallest absolute Gasteiger partial charge is 0.335 e. The minimum atomic E-state index is -0.808. The van der Waals surface area contributed by atoms with Crippen molar-refractivity contribution in [2.45, 2.75) is 31.3 Å². The third-order valence-electron chi connectivity index (χ3n) is 10.5. The number of urea groups is 1. The van der Waals surface area contributed by atoms with Gasteiger partial charge in [0, 0.05) is 42.7 Å². The van der Waals surface area contributed by atoms with Gasteiger partial charge in [-0.1, -0.05) is 60.7 Å². The van der Waals surface area contributed by atoms with Crippen molar-refractivity contribution in [3.63, 3.8) is 0 Å². The molecule has 11 nitrogen and oxygen atoms in total. The van der Waals surface area contributed by atoms with Gasteiger partial charge in [0.1, 0.15) is 12.2 Å². The van der Waals surface area contributed by atoms with E-state index in [0.29, 0.717) is 26.3 Å². The number of rotatable bonds is 9. The van der Waals surface area contributed by atoms with Gasteiger partial charge >= 0.3 is 6.03 Å². The minimum Gasteiger partial charge on any atom is -0.493 e. The van der Waals surface area contributed by atoms with Crippen LogP contribution in [0.4, 0.5) is 21.9 Å². The first-order valence-corrected chi connectivity index (χ1v) is 19.0. The Bertz CT molecular complexity index is 2290. The molecule has 3 heterocycles. The second-order valence-corrected chi connectivity index (χ2v) is 14.8. The lowest BCUT2D eigenvalue weighted by molar-refractivity contribution is -0.384. The van der Waals surface area contributed by atoms with Crippen molar-refractivity contribution >= 4 is 63.6 Å². The molecule has 8 rings (SSSR count). The van der Waals surface area contributed by atoms with Gasteiger partial charge in [0.05, 0.1) is 21.3 Å². The van der Waals surface area contributed by atoms with Crippen LogP contribution in [0.1, 0.15) is 58.1 Å². The van der Waals surface area contributed by atoms with Gasteiger partial charge < -0.3 is 14.4 Å². The third-order valence-corrected chi connectivity index (χ3v) is 11.3. The Balaban J connectivity index is 1.16. The molecule has 0 radical (unpaired) electrons. The number of hydrogen-bond donors (Lipinski definition) is 1. The molecule has 1 saturated heterocycles. The van der Waals surface area contributed by atoms with Crippen LogP contribution in [0.3, 0.4) is 0 Å². The van der Waals surface area contributed by atoms with E-state index in [1.54, 1.807) is 24.3 Å². The topological polar surface area (TPSA) is 131 Å². The maximum atomic E-state index is 14.4. The molecule has 276 valence electrons. The SMILES string of the molecule is COc1cc(/C=C2\C(=O)NC(=O)N(c3cc4c5c(c3)[C@H](c3ccccc3)CCN5CC[C@H]4c3ccccc3)C2=O)cc(I)c1OCc1ccc([N+](=O)[O-])cc1. The minimum absolute atomic E-state index is 0.0181. The summed E-state index contributed by atoms with van der Waals surface area (Å²) in [7, 11) is 1.48. The number of ether oxygens (including phenoxy) is 2. The largest absolute Gasteiger partial charge is 0.493 e. The summed E-state index contributed by atoms with van der Waals surface area (Å²) in [6, 6.07) is 33.1. The number of carbonyl (C=O) groups excluding carboxylic acids is 3. The first kappa shape index (κ1) is 36.0. The fourth-order valence-electron chi connectivity index (χ4n) is 7.86. The number of non-ortho nitro benzene ring substituents is 1. The van der Waals surface area contributed by atoms with Gasteiger partial charge in [-0.2, -0.15) is 0 Å². The Morgan fingerprint density at radius 1 is 0.855 bits per heavy atom. The van der Waals surface area contributed by atoms with Gasteiger partial charge in [0.15, 0.2) is 11.5 Å². The highest BCUT2D eigenvalue weighted by molar-refractivity contribution is 14.1. The van der Waals surface area contributed by atoms with E-state index in [-0.39, 0.29) is 29.7 Å². The highest BCUT2D eigenvalue weighted by atomic mass is 127. The monoisotopic (exact) mass is 846 g/mol. The number of methoxy groups -OCH3 is 1. The number of nitro benzene ring substituents is 1. The quantitative estimate of drug-likeness (QED) is 0.0516. The maximum Gasteiger partial charge on any atom is 0.335 e. The molecule has 0 saturated carbocycles. The number of halogens is 1. The van der Waals surface area contributed by atoms with E-state index in [1.807, 2.05) is 48.5 Å². The van der Waals surface area contributed by atoms with E-state index in [9.17, 15) is 24.5 Å². The number of hydrogen-bond acceptors (Lipinski definition) is 8. The molecule has 0 bridgehead atoms. The Kier molecular flexibility index (Phi) is 9.82. The summed E-state index contributed by atoms with van der Waals surface area (Å²) in [6.07, 6.45) is 3.22. The van der Waals surface area contributed by atoms with Crippen LogP contribution in [0.25, 0.3) is 6.08 Å². The number of nitrogens with one attached hydrogen (secondary N) is 1. The molecule has 12 heteroatoms. The summed E-state index contributed by atoms with van der Waals surface area (Å²) in [5, 5.41) is 13.4. The average Bonchev–Trinajstić information content (AvgIpc) is 3.20. The summed E-state index contributed by atoms with van der Waals surface area (Å²) in [5.41, 5.74) is 6.98. The van der Waals surface area contributed by atoms with Crippen LogP contribution in [-0.4, -0.2) is 43.0 Å². The van der Waals surface area contributed by atoms with Gasteiger partial charge in [-0.15, -0.1) is 0 Å². The van der Waals surface area contributed by atoms with Crippen molar-refractivity contribution in [2.75, 3.05) is 30.0 Å². The zero-order chi connectivity index (χ0) is 38.2. The lowest BCUT2D eigenvalue weighted by Crippen LogP contribution is -2.54. The summed E-state index contributed by atoms with van der Waals surface area (Å²) in [4.78, 5) is 55.5. The molecule has 0 spiro atoms. The Labute approximate surface area is 330 Å². The molecular weight excluding hydrogens is 811 g/mol. The average molecular weight is 847 g/mol. The molecule has 4 amide bonds. The van der Waals surface area contributed by atoms with Gasteiger partial charge in [0.2, 0.25) is 0 Å². The van der Waals surface area contributed by atoms with Crippen LogP contribution in [0, 0.1) is 13.7 Å². The van der Waals surface area contributed by atoms with Gasteiger partial charge in [-0.3, -0.25) is 25.0 Å². The molecule has 0 aromatic heterocycles. The van der Waals surface area contributed by atoms with E-state index < -0.39 is 22.8 Å². The van der Waals surface area contributed by atoms with Crippen LogP contribution < -0.4 is 24.6 Å². The highest BCUT2D eigenvalue weighted by Crippen LogP contribution is 2.50. The first-order valence-electron chi connectivity index (χ1n) is 17.9. The Hall–Kier alpha value is -6.02. The summed E-state index contributed by atoms with van der Waals surface area (Å²) >= 11 is 2.08. The molecule has 3 aliphatic heterocycles. The number of amides is 4. The van der Waals surface area contributed by atoms with Gasteiger partial charge in [0.25, 0.3) is 17.5 Å². The van der Waals surface area contributed by atoms with Crippen molar-refractivity contribution in [1.29, 1.82) is 0 Å². The van der Waals surface area contributed by atoms with Crippen molar-refractivity contribution in [3.05, 3.63) is 162 Å². The lowest BCUT2D eigenvalue weighted by Gasteiger charge is -2.44. The van der Waals surface area contributed by atoms with Crippen molar-refractivity contribution in [3.8, 4) is 11.5 Å². The molecule has 55 heavy (non-hydrogen) atoms. The van der Waals surface area contributed by atoms with Crippen LogP contribution >= 0.6 is 22.6 Å². The summed E-state index contributed by atoms with van der Waals surface area (Å²) < 4.78 is 12.3. The molecule has 2 atom stereocenters. The Morgan fingerprint density at radius 3 is 2.02 bits per heavy atom. The second kappa shape index (κ2) is 15.0. The normalized spacial score (nSPS) is 18.5. The number of anilines is 2. The number of benzene rings is 5. The molecule has 1 N–H and O–H groups in total. The molecule has 0 aliphatic carbocycles. The predicted molar refractivity (Wildman–Crippen MR) is 217 cm³/mol. The van der Waals surface area contributed by atoms with Crippen LogP contribution in [0.15, 0.2) is 115 Å². The lowest BCUT2D eigenvalue weighted by atomic mass is 9.76. The zero-order valence-corrected chi connectivity index (χ0v) is 31.9. The van der Waals surface area contributed by atoms with Gasteiger partial charge in [-0.25, -0.2) is 9.69 Å². The molecule has 3 aliphatic rings.